The van der Waals surface area contributed by atoms with E-state index in [1.165, 1.54) is 12.1 Å². The Morgan fingerprint density at radius 3 is 2.25 bits per heavy atom. The molecule has 4 heteroatoms. The maximum atomic E-state index is 11.6. The number of carboxylic acids is 1. The first-order valence-corrected chi connectivity index (χ1v) is 5.00. The molecule has 0 atom stereocenters. The van der Waals surface area contributed by atoms with E-state index < -0.39 is 5.97 Å². The summed E-state index contributed by atoms with van der Waals surface area (Å²) in [6, 6.07) is 6.17. The average Bonchev–Trinajstić information content (AvgIpc) is 2.25. The van der Waals surface area contributed by atoms with Gasteiger partial charge in [-0.1, -0.05) is 37.6 Å². The van der Waals surface area contributed by atoms with Gasteiger partial charge in [0.1, 0.15) is 0 Å². The van der Waals surface area contributed by atoms with Gasteiger partial charge < -0.3 is 9.90 Å². The third-order valence-corrected chi connectivity index (χ3v) is 2.20. The topological polar surface area (TPSA) is 57.2 Å². The molecule has 0 aromatic heterocycles. The molecule has 1 aromatic rings. The number of hydrogen-bond acceptors (Lipinski definition) is 3. The summed E-state index contributed by atoms with van der Waals surface area (Å²) in [5.74, 6) is -1.42. The molecule has 0 aliphatic carbocycles. The first kappa shape index (κ1) is 15.0. The molecular weight excluding hydrogens is 199 g/mol. The van der Waals surface area contributed by atoms with Crippen molar-refractivity contribution in [2.24, 2.45) is 0 Å². The minimum atomic E-state index is -1.30. The van der Waals surface area contributed by atoms with Crippen LogP contribution in [-0.4, -0.2) is 11.8 Å². The molecule has 16 heavy (non-hydrogen) atoms. The Hall–Kier alpha value is -1.04. The van der Waals surface area contributed by atoms with E-state index in [9.17, 15) is 14.7 Å². The molecule has 0 radical (unpaired) electrons. The van der Waals surface area contributed by atoms with Gasteiger partial charge in [-0.2, -0.15) is 0 Å². The Balaban J connectivity index is 0.00000225. The van der Waals surface area contributed by atoms with Gasteiger partial charge in [0.05, 0.1) is 5.97 Å². The molecule has 0 spiro atoms. The van der Waals surface area contributed by atoms with Gasteiger partial charge in [0, 0.05) is 17.5 Å². The normalized spacial score (nSPS) is 9.31. The molecule has 3 nitrogen and oxygen atoms in total. The zero-order valence-corrected chi connectivity index (χ0v) is 9.66. The molecule has 1 rings (SSSR count). The number of ketones is 1. The number of carboxylic acid groups (broad SMARTS) is 1. The third-order valence-electron chi connectivity index (χ3n) is 2.20. The van der Waals surface area contributed by atoms with E-state index >= 15 is 0 Å². The van der Waals surface area contributed by atoms with E-state index in [4.69, 9.17) is 0 Å². The molecule has 0 aliphatic rings. The summed E-state index contributed by atoms with van der Waals surface area (Å²) in [6.07, 6.45) is 2.08. The van der Waals surface area contributed by atoms with Crippen LogP contribution in [0.1, 0.15) is 46.9 Å². The average molecular weight is 212 g/mol. The molecule has 0 aliphatic heterocycles. The Kier molecular flexibility index (Phi) is 6.79. The zero-order chi connectivity index (χ0) is 11.3. The largest absolute Gasteiger partial charge is 1.00 e. The number of carbonyl (C=O) groups excluding carboxylic acids is 2. The van der Waals surface area contributed by atoms with Gasteiger partial charge in [-0.25, -0.2) is 0 Å². The van der Waals surface area contributed by atoms with Crippen molar-refractivity contribution in [2.45, 2.75) is 26.2 Å². The molecule has 0 saturated heterocycles. The number of rotatable bonds is 5. The van der Waals surface area contributed by atoms with Gasteiger partial charge in [0.2, 0.25) is 0 Å². The van der Waals surface area contributed by atoms with E-state index in [0.717, 1.165) is 12.8 Å². The van der Waals surface area contributed by atoms with Crippen LogP contribution in [0.5, 0.6) is 0 Å². The Labute approximate surface area is 107 Å². The fourth-order valence-electron chi connectivity index (χ4n) is 1.38. The van der Waals surface area contributed by atoms with Crippen LogP contribution in [0.15, 0.2) is 24.3 Å². The summed E-state index contributed by atoms with van der Waals surface area (Å²) in [7, 11) is 0. The van der Waals surface area contributed by atoms with E-state index in [-0.39, 0.29) is 35.8 Å². The predicted octanol–water partition coefficient (Wildman–Crippen LogP) is -1.57. The maximum absolute atomic E-state index is 11.6. The summed E-state index contributed by atoms with van der Waals surface area (Å²) < 4.78 is 0. The first-order valence-electron chi connectivity index (χ1n) is 5.00. The van der Waals surface area contributed by atoms with Crippen molar-refractivity contribution in [3.63, 3.8) is 0 Å². The summed E-state index contributed by atoms with van der Waals surface area (Å²) in [6.45, 7) is 1.98. The van der Waals surface area contributed by atoms with E-state index in [0.29, 0.717) is 6.42 Å². The fraction of sp³-hybridized carbons (Fsp3) is 0.333. The third kappa shape index (κ3) is 3.84. The van der Waals surface area contributed by atoms with Crippen LogP contribution in [0, 0.1) is 0 Å². The Bertz CT molecular complexity index is 374. The van der Waals surface area contributed by atoms with Crippen LogP contribution in [0.25, 0.3) is 0 Å². The van der Waals surface area contributed by atoms with Crippen molar-refractivity contribution in [3.8, 4) is 0 Å². The van der Waals surface area contributed by atoms with Crippen molar-refractivity contribution < 1.29 is 33.6 Å². The fourth-order valence-corrected chi connectivity index (χ4v) is 1.38. The first-order chi connectivity index (χ1) is 7.16. The van der Waals surface area contributed by atoms with Crippen LogP contribution in [0.2, 0.25) is 0 Å². The molecule has 0 amide bonds. The molecule has 80 valence electrons. The SMILES string of the molecule is CCCCC(=O)c1ccccc1C(=O)[O-].[Li+]. The Morgan fingerprint density at radius 2 is 1.75 bits per heavy atom. The number of hydrogen-bond donors (Lipinski definition) is 0. The van der Waals surface area contributed by atoms with Crippen LogP contribution in [0.4, 0.5) is 0 Å². The van der Waals surface area contributed by atoms with Gasteiger partial charge in [-0.3, -0.25) is 4.79 Å². The van der Waals surface area contributed by atoms with Gasteiger partial charge in [0.15, 0.2) is 5.78 Å². The number of carbonyl (C=O) groups is 2. The molecule has 0 saturated carbocycles. The summed E-state index contributed by atoms with van der Waals surface area (Å²) in [5, 5.41) is 10.7. The number of aromatic carboxylic acids is 1. The molecular formula is C12H13LiO3. The van der Waals surface area contributed by atoms with Crippen LogP contribution in [-0.2, 0) is 0 Å². The van der Waals surface area contributed by atoms with Crippen molar-refractivity contribution >= 4 is 11.8 Å². The van der Waals surface area contributed by atoms with Crippen LogP contribution < -0.4 is 24.0 Å². The monoisotopic (exact) mass is 212 g/mol. The van der Waals surface area contributed by atoms with Crippen LogP contribution in [0.3, 0.4) is 0 Å². The second-order valence-corrected chi connectivity index (χ2v) is 3.36. The van der Waals surface area contributed by atoms with Crippen LogP contribution >= 0.6 is 0 Å². The number of Topliss-reactive ketones (excluding diaryl/α,β-unsaturated/α-hetero) is 1. The van der Waals surface area contributed by atoms with Crippen molar-refractivity contribution in [2.75, 3.05) is 0 Å². The molecule has 1 aromatic carbocycles. The number of unbranched alkanes of at least 4 members (excludes halogenated alkanes) is 1. The van der Waals surface area contributed by atoms with Crippen molar-refractivity contribution in [1.29, 1.82) is 0 Å². The molecule has 0 heterocycles. The Morgan fingerprint density at radius 1 is 1.19 bits per heavy atom. The van der Waals surface area contributed by atoms with Gasteiger partial charge in [-0.15, -0.1) is 0 Å². The summed E-state index contributed by atoms with van der Waals surface area (Å²) >= 11 is 0. The number of benzene rings is 1. The maximum Gasteiger partial charge on any atom is 1.00 e. The van der Waals surface area contributed by atoms with Gasteiger partial charge in [0.25, 0.3) is 0 Å². The quantitative estimate of drug-likeness (QED) is 0.437. The molecule has 0 fully saturated rings. The van der Waals surface area contributed by atoms with Crippen molar-refractivity contribution in [1.82, 2.24) is 0 Å². The van der Waals surface area contributed by atoms with E-state index in [1.807, 2.05) is 6.92 Å². The van der Waals surface area contributed by atoms with Crippen molar-refractivity contribution in [3.05, 3.63) is 35.4 Å². The predicted molar refractivity (Wildman–Crippen MR) is 54.6 cm³/mol. The standard InChI is InChI=1S/C12H14O3.Li/c1-2-3-8-11(13)9-6-4-5-7-10(9)12(14)15;/h4-7H,2-3,8H2,1H3,(H,14,15);/q;+1/p-1. The molecule has 0 N–H and O–H groups in total. The second-order valence-electron chi connectivity index (χ2n) is 3.36. The van der Waals surface area contributed by atoms with Gasteiger partial charge >= 0.3 is 18.9 Å². The zero-order valence-electron chi connectivity index (χ0n) is 9.66. The molecule has 0 bridgehead atoms. The molecule has 0 unspecified atom stereocenters. The smallest absolute Gasteiger partial charge is 0.545 e. The van der Waals surface area contributed by atoms with E-state index in [2.05, 4.69) is 0 Å². The van der Waals surface area contributed by atoms with Gasteiger partial charge in [-0.05, 0) is 6.42 Å². The minimum absolute atomic E-state index is 0. The minimum Gasteiger partial charge on any atom is -0.545 e. The summed E-state index contributed by atoms with van der Waals surface area (Å²) in [4.78, 5) is 22.4. The second kappa shape index (κ2) is 7.27. The summed E-state index contributed by atoms with van der Waals surface area (Å²) in [5.41, 5.74) is 0.240. The van der Waals surface area contributed by atoms with E-state index in [1.54, 1.807) is 12.1 Å².